The first kappa shape index (κ1) is 26.9. The lowest BCUT2D eigenvalue weighted by molar-refractivity contribution is -0.138. The molecule has 2 aromatic carbocycles. The largest absolute Gasteiger partial charge is 0.480 e. The van der Waals surface area contributed by atoms with Crippen molar-refractivity contribution in [3.8, 4) is 0 Å². The minimum absolute atomic E-state index is 0.0438. The monoisotopic (exact) mass is 517 g/mol. The molecule has 0 bridgehead atoms. The number of hydrogen-bond acceptors (Lipinski definition) is 5. The Morgan fingerprint density at radius 2 is 1.81 bits per heavy atom. The number of carbonyl (C=O) groups excluding carboxylic acids is 2. The van der Waals surface area contributed by atoms with Gasteiger partial charge in [0, 0.05) is 39.3 Å². The van der Waals surface area contributed by atoms with E-state index in [1.54, 1.807) is 67.9 Å². The minimum atomic E-state index is -1.58. The summed E-state index contributed by atoms with van der Waals surface area (Å²) in [4.78, 5) is 35.8. The quantitative estimate of drug-likeness (QED) is 0.398. The molecule has 2 atom stereocenters. The Balaban J connectivity index is 1.53. The molecule has 3 N–H and O–H groups in total. The Hall–Kier alpha value is -3.73. The van der Waals surface area contributed by atoms with Gasteiger partial charge < -0.3 is 25.0 Å². The standard InChI is InChI=1S/C25H28FN3O6S/c1-25(2,3)35-24(33)28-20(23(31)32)15-36(34)14-16-4-7-19(8-5-16)27-22(30)13-29-11-10-17-12-18(26)6-9-21(17)29/h4-12,20H,13-15H2,1-3H3,(H,27,30)(H,28,33)(H,31,32)/t20-,36?/m0/s1. The molecule has 2 amide bonds. The summed E-state index contributed by atoms with van der Waals surface area (Å²) < 4.78 is 32.6. The molecule has 3 aromatic rings. The Labute approximate surface area is 210 Å². The molecule has 36 heavy (non-hydrogen) atoms. The third-order valence-electron chi connectivity index (χ3n) is 4.95. The summed E-state index contributed by atoms with van der Waals surface area (Å²) in [6.07, 6.45) is 0.816. The van der Waals surface area contributed by atoms with Crippen molar-refractivity contribution in [3.05, 3.63) is 66.1 Å². The molecule has 0 saturated heterocycles. The van der Waals surface area contributed by atoms with Crippen molar-refractivity contribution in [2.24, 2.45) is 0 Å². The summed E-state index contributed by atoms with van der Waals surface area (Å²) in [5.74, 6) is -2.15. The first-order chi connectivity index (χ1) is 16.9. The summed E-state index contributed by atoms with van der Waals surface area (Å²) in [5.41, 5.74) is 1.15. The van der Waals surface area contributed by atoms with Crippen LogP contribution < -0.4 is 10.6 Å². The molecular weight excluding hydrogens is 489 g/mol. The van der Waals surface area contributed by atoms with Crippen molar-refractivity contribution in [1.29, 1.82) is 0 Å². The highest BCUT2D eigenvalue weighted by Crippen LogP contribution is 2.18. The first-order valence-corrected chi connectivity index (χ1v) is 12.6. The van der Waals surface area contributed by atoms with Gasteiger partial charge in [0.1, 0.15) is 24.0 Å². The lowest BCUT2D eigenvalue weighted by atomic mass is 10.2. The summed E-state index contributed by atoms with van der Waals surface area (Å²) in [6.45, 7) is 4.99. The highest BCUT2D eigenvalue weighted by atomic mass is 32.2. The Kier molecular flexibility index (Phi) is 8.46. The highest BCUT2D eigenvalue weighted by Gasteiger charge is 2.25. The Bertz CT molecular complexity index is 1280. The van der Waals surface area contributed by atoms with E-state index >= 15 is 0 Å². The van der Waals surface area contributed by atoms with Gasteiger partial charge in [0.2, 0.25) is 5.91 Å². The fourth-order valence-electron chi connectivity index (χ4n) is 3.40. The third-order valence-corrected chi connectivity index (χ3v) is 6.31. The normalized spacial score (nSPS) is 13.1. The van der Waals surface area contributed by atoms with Gasteiger partial charge in [0.05, 0.1) is 5.75 Å². The number of aromatic nitrogens is 1. The van der Waals surface area contributed by atoms with Crippen LogP contribution in [-0.4, -0.2) is 49.2 Å². The number of ether oxygens (including phenoxy) is 1. The van der Waals surface area contributed by atoms with Crippen molar-refractivity contribution in [3.63, 3.8) is 0 Å². The Morgan fingerprint density at radius 3 is 2.44 bits per heavy atom. The smallest absolute Gasteiger partial charge is 0.408 e. The van der Waals surface area contributed by atoms with E-state index in [2.05, 4.69) is 10.6 Å². The zero-order chi connectivity index (χ0) is 26.5. The van der Waals surface area contributed by atoms with Crippen LogP contribution in [0.5, 0.6) is 0 Å². The molecule has 192 valence electrons. The van der Waals surface area contributed by atoms with Crippen LogP contribution in [0, 0.1) is 5.82 Å². The average molecular weight is 518 g/mol. The molecular formula is C25H28FN3O6S. The van der Waals surface area contributed by atoms with E-state index in [1.165, 1.54) is 12.1 Å². The number of hydrogen-bond donors (Lipinski definition) is 3. The second-order valence-electron chi connectivity index (χ2n) is 9.18. The SMILES string of the molecule is CC(C)(C)OC(=O)N[C@@H](CS(=O)Cc1ccc(NC(=O)Cn2ccc3cc(F)ccc32)cc1)C(=O)O. The molecule has 0 aliphatic carbocycles. The van der Waals surface area contributed by atoms with E-state index in [0.29, 0.717) is 16.6 Å². The number of fused-ring (bicyclic) bond motifs is 1. The first-order valence-electron chi connectivity index (χ1n) is 11.1. The van der Waals surface area contributed by atoms with Crippen LogP contribution in [0.3, 0.4) is 0 Å². The summed E-state index contributed by atoms with van der Waals surface area (Å²) in [7, 11) is -1.58. The number of nitrogens with one attached hydrogen (secondary N) is 2. The minimum Gasteiger partial charge on any atom is -0.480 e. The maximum atomic E-state index is 13.4. The number of rotatable bonds is 9. The number of alkyl carbamates (subject to hydrolysis) is 1. The van der Waals surface area contributed by atoms with Crippen LogP contribution in [-0.2, 0) is 37.4 Å². The molecule has 0 radical (unpaired) electrons. The van der Waals surface area contributed by atoms with E-state index in [9.17, 15) is 28.1 Å². The maximum Gasteiger partial charge on any atom is 0.408 e. The van der Waals surface area contributed by atoms with Crippen molar-refractivity contribution < 1.29 is 32.8 Å². The van der Waals surface area contributed by atoms with Gasteiger partial charge in [-0.25, -0.2) is 14.0 Å². The van der Waals surface area contributed by atoms with Gasteiger partial charge in [0.25, 0.3) is 0 Å². The maximum absolute atomic E-state index is 13.4. The number of amides is 2. The van der Waals surface area contributed by atoms with Crippen LogP contribution in [0.15, 0.2) is 54.7 Å². The number of aliphatic carboxylic acids is 1. The third kappa shape index (κ3) is 7.91. The van der Waals surface area contributed by atoms with Gasteiger partial charge in [-0.15, -0.1) is 0 Å². The number of carboxylic acid groups (broad SMARTS) is 1. The average Bonchev–Trinajstić information content (AvgIpc) is 3.14. The molecule has 9 nitrogen and oxygen atoms in total. The van der Waals surface area contributed by atoms with E-state index in [-0.39, 0.29) is 29.8 Å². The molecule has 1 heterocycles. The fraction of sp³-hybridized carbons (Fsp3) is 0.320. The van der Waals surface area contributed by atoms with Crippen LogP contribution in [0.1, 0.15) is 26.3 Å². The van der Waals surface area contributed by atoms with Crippen molar-refractivity contribution in [1.82, 2.24) is 9.88 Å². The van der Waals surface area contributed by atoms with E-state index in [1.807, 2.05) is 0 Å². The van der Waals surface area contributed by atoms with E-state index in [0.717, 1.165) is 5.52 Å². The summed E-state index contributed by atoms with van der Waals surface area (Å²) in [5, 5.41) is 15.1. The molecule has 11 heteroatoms. The Morgan fingerprint density at radius 1 is 1.11 bits per heavy atom. The molecule has 3 rings (SSSR count). The lowest BCUT2D eigenvalue weighted by Gasteiger charge is -2.21. The molecule has 0 fully saturated rings. The number of carboxylic acids is 1. The number of carbonyl (C=O) groups is 3. The summed E-state index contributed by atoms with van der Waals surface area (Å²) >= 11 is 0. The number of halogens is 1. The van der Waals surface area contributed by atoms with Gasteiger partial charge in [-0.3, -0.25) is 9.00 Å². The van der Waals surface area contributed by atoms with Gasteiger partial charge >= 0.3 is 12.1 Å². The molecule has 0 saturated carbocycles. The number of benzene rings is 2. The highest BCUT2D eigenvalue weighted by molar-refractivity contribution is 7.84. The van der Waals surface area contributed by atoms with E-state index in [4.69, 9.17) is 4.74 Å². The van der Waals surface area contributed by atoms with Gasteiger partial charge in [-0.05, 0) is 62.7 Å². The second-order valence-corrected chi connectivity index (χ2v) is 10.7. The molecule has 0 aliphatic rings. The van der Waals surface area contributed by atoms with Gasteiger partial charge in [0.15, 0.2) is 0 Å². The van der Waals surface area contributed by atoms with Crippen LogP contribution >= 0.6 is 0 Å². The van der Waals surface area contributed by atoms with Crippen LogP contribution in [0.4, 0.5) is 14.9 Å². The number of anilines is 1. The van der Waals surface area contributed by atoms with Crippen molar-refractivity contribution in [2.45, 2.75) is 44.7 Å². The van der Waals surface area contributed by atoms with Crippen molar-refractivity contribution >= 4 is 45.4 Å². The predicted molar refractivity (Wildman–Crippen MR) is 134 cm³/mol. The van der Waals surface area contributed by atoms with Crippen LogP contribution in [0.25, 0.3) is 10.9 Å². The zero-order valence-electron chi connectivity index (χ0n) is 20.1. The zero-order valence-corrected chi connectivity index (χ0v) is 20.9. The number of nitrogens with zero attached hydrogens (tertiary/aromatic N) is 1. The molecule has 1 aromatic heterocycles. The van der Waals surface area contributed by atoms with E-state index < -0.39 is 34.5 Å². The summed E-state index contributed by atoms with van der Waals surface area (Å²) in [6, 6.07) is 11.4. The van der Waals surface area contributed by atoms with Gasteiger partial charge in [-0.1, -0.05) is 12.1 Å². The topological polar surface area (TPSA) is 127 Å². The lowest BCUT2D eigenvalue weighted by Crippen LogP contribution is -2.46. The van der Waals surface area contributed by atoms with Gasteiger partial charge in [-0.2, -0.15) is 0 Å². The predicted octanol–water partition coefficient (Wildman–Crippen LogP) is 3.65. The second kappa shape index (κ2) is 11.3. The fourth-order valence-corrected chi connectivity index (χ4v) is 4.68. The molecule has 0 aliphatic heterocycles. The molecule has 1 unspecified atom stereocenters. The molecule has 0 spiro atoms. The van der Waals surface area contributed by atoms with Crippen LogP contribution in [0.2, 0.25) is 0 Å². The van der Waals surface area contributed by atoms with Crippen molar-refractivity contribution in [2.75, 3.05) is 11.1 Å².